The van der Waals surface area contributed by atoms with E-state index < -0.39 is 10.8 Å². The van der Waals surface area contributed by atoms with Crippen molar-refractivity contribution in [3.05, 3.63) is 27.9 Å². The first kappa shape index (κ1) is 14.2. The van der Waals surface area contributed by atoms with Gasteiger partial charge in [0.25, 0.3) is 11.6 Å². The van der Waals surface area contributed by atoms with Crippen molar-refractivity contribution in [1.29, 1.82) is 0 Å². The van der Waals surface area contributed by atoms with E-state index in [0.717, 1.165) is 12.6 Å². The summed E-state index contributed by atoms with van der Waals surface area (Å²) in [6.07, 6.45) is 1.86. The third-order valence-corrected chi connectivity index (χ3v) is 3.38. The number of nitrogens with one attached hydrogen (secondary N) is 1. The Hall–Kier alpha value is -2.22. The zero-order chi connectivity index (χ0) is 14.7. The molecule has 1 amide bonds. The van der Waals surface area contributed by atoms with Crippen LogP contribution in [0.5, 0.6) is 0 Å². The average Bonchev–Trinajstić information content (AvgIpc) is 2.92. The van der Waals surface area contributed by atoms with Crippen molar-refractivity contribution in [2.75, 3.05) is 18.9 Å². The van der Waals surface area contributed by atoms with Crippen molar-refractivity contribution < 1.29 is 14.5 Å². The van der Waals surface area contributed by atoms with E-state index >= 15 is 0 Å². The van der Waals surface area contributed by atoms with Crippen molar-refractivity contribution in [1.82, 2.24) is 10.3 Å². The molecule has 8 nitrogen and oxygen atoms in total. The van der Waals surface area contributed by atoms with Gasteiger partial charge in [0.05, 0.1) is 11.5 Å². The lowest BCUT2D eigenvalue weighted by molar-refractivity contribution is -0.385. The van der Waals surface area contributed by atoms with E-state index in [4.69, 9.17) is 10.5 Å². The van der Waals surface area contributed by atoms with E-state index in [2.05, 4.69) is 10.3 Å². The highest BCUT2D eigenvalue weighted by atomic mass is 16.6. The van der Waals surface area contributed by atoms with Gasteiger partial charge in [0.1, 0.15) is 17.6 Å². The molecule has 0 bridgehead atoms. The van der Waals surface area contributed by atoms with Gasteiger partial charge in [-0.15, -0.1) is 0 Å². The standard InChI is InChI=1S/C12H16N4O4/c1-7(8-2-3-20-6-8)15-12(17)9-4-11(13)14-5-10(9)16(18)19/h4-5,7-8H,2-3,6H2,1H3,(H2,13,14)(H,15,17). The van der Waals surface area contributed by atoms with Crippen LogP contribution in [-0.4, -0.2) is 35.1 Å². The van der Waals surface area contributed by atoms with Crippen LogP contribution in [0.15, 0.2) is 12.3 Å². The summed E-state index contributed by atoms with van der Waals surface area (Å²) in [6, 6.07) is 1.09. The maximum Gasteiger partial charge on any atom is 0.300 e. The maximum atomic E-state index is 12.1. The smallest absolute Gasteiger partial charge is 0.300 e. The van der Waals surface area contributed by atoms with Gasteiger partial charge in [-0.2, -0.15) is 0 Å². The molecule has 0 radical (unpaired) electrons. The molecule has 2 heterocycles. The van der Waals surface area contributed by atoms with Crippen LogP contribution in [0.2, 0.25) is 0 Å². The molecule has 108 valence electrons. The van der Waals surface area contributed by atoms with Crippen LogP contribution >= 0.6 is 0 Å². The summed E-state index contributed by atoms with van der Waals surface area (Å²) in [5, 5.41) is 13.7. The largest absolute Gasteiger partial charge is 0.384 e. The van der Waals surface area contributed by atoms with E-state index in [0.29, 0.717) is 13.2 Å². The number of nitrogen functional groups attached to an aromatic ring is 1. The van der Waals surface area contributed by atoms with Gasteiger partial charge in [0.15, 0.2) is 0 Å². The molecule has 0 spiro atoms. The molecular formula is C12H16N4O4. The molecule has 2 unspecified atom stereocenters. The fourth-order valence-electron chi connectivity index (χ4n) is 2.14. The Kier molecular flexibility index (Phi) is 4.14. The van der Waals surface area contributed by atoms with Crippen LogP contribution in [0.4, 0.5) is 11.5 Å². The average molecular weight is 280 g/mol. The Morgan fingerprint density at radius 1 is 1.70 bits per heavy atom. The number of nitrogens with zero attached hydrogens (tertiary/aromatic N) is 2. The number of rotatable bonds is 4. The van der Waals surface area contributed by atoms with Gasteiger partial charge in [-0.25, -0.2) is 4.98 Å². The second-order valence-corrected chi connectivity index (χ2v) is 4.77. The van der Waals surface area contributed by atoms with Crippen molar-refractivity contribution in [2.45, 2.75) is 19.4 Å². The number of aromatic nitrogens is 1. The normalized spacial score (nSPS) is 19.6. The lowest BCUT2D eigenvalue weighted by Gasteiger charge is -2.19. The van der Waals surface area contributed by atoms with Gasteiger partial charge in [-0.05, 0) is 19.4 Å². The molecule has 2 atom stereocenters. The lowest BCUT2D eigenvalue weighted by Crippen LogP contribution is -2.38. The Balaban J connectivity index is 2.15. The van der Waals surface area contributed by atoms with Crippen LogP contribution in [0.25, 0.3) is 0 Å². The number of carbonyl (C=O) groups excluding carboxylic acids is 1. The van der Waals surface area contributed by atoms with Crippen LogP contribution in [-0.2, 0) is 4.74 Å². The van der Waals surface area contributed by atoms with Gasteiger partial charge in [-0.3, -0.25) is 14.9 Å². The van der Waals surface area contributed by atoms with Crippen molar-refractivity contribution in [3.8, 4) is 0 Å². The molecule has 2 rings (SSSR count). The van der Waals surface area contributed by atoms with Crippen LogP contribution < -0.4 is 11.1 Å². The monoisotopic (exact) mass is 280 g/mol. The highest BCUT2D eigenvalue weighted by Gasteiger charge is 2.27. The predicted molar refractivity (Wildman–Crippen MR) is 71.2 cm³/mol. The first-order chi connectivity index (χ1) is 9.49. The number of nitrogens with two attached hydrogens (primary N) is 1. The Labute approximate surface area is 115 Å². The molecule has 1 fully saturated rings. The minimum Gasteiger partial charge on any atom is -0.384 e. The van der Waals surface area contributed by atoms with Gasteiger partial charge < -0.3 is 15.8 Å². The Morgan fingerprint density at radius 3 is 3.05 bits per heavy atom. The van der Waals surface area contributed by atoms with E-state index in [1.54, 1.807) is 0 Å². The van der Waals surface area contributed by atoms with E-state index in [1.807, 2.05) is 6.92 Å². The van der Waals surface area contributed by atoms with Gasteiger partial charge >= 0.3 is 0 Å². The lowest BCUT2D eigenvalue weighted by atomic mass is 10.0. The molecular weight excluding hydrogens is 264 g/mol. The van der Waals surface area contributed by atoms with Crippen molar-refractivity contribution in [3.63, 3.8) is 0 Å². The molecule has 1 aromatic rings. The van der Waals surface area contributed by atoms with Gasteiger partial charge in [0.2, 0.25) is 0 Å². The van der Waals surface area contributed by atoms with E-state index in [9.17, 15) is 14.9 Å². The fraction of sp³-hybridized carbons (Fsp3) is 0.500. The second kappa shape index (κ2) is 5.83. The van der Waals surface area contributed by atoms with Crippen LogP contribution in [0.3, 0.4) is 0 Å². The molecule has 8 heteroatoms. The molecule has 1 aliphatic heterocycles. The maximum absolute atomic E-state index is 12.1. The quantitative estimate of drug-likeness (QED) is 0.619. The number of ether oxygens (including phenoxy) is 1. The van der Waals surface area contributed by atoms with Crippen LogP contribution in [0.1, 0.15) is 23.7 Å². The molecule has 0 aliphatic carbocycles. The van der Waals surface area contributed by atoms with Gasteiger partial charge in [-0.1, -0.05) is 0 Å². The Morgan fingerprint density at radius 2 is 2.45 bits per heavy atom. The summed E-state index contributed by atoms with van der Waals surface area (Å²) in [6.45, 7) is 3.11. The molecule has 0 saturated carbocycles. The summed E-state index contributed by atoms with van der Waals surface area (Å²) < 4.78 is 5.26. The Bertz CT molecular complexity index is 528. The van der Waals surface area contributed by atoms with Crippen LogP contribution in [0, 0.1) is 16.0 Å². The second-order valence-electron chi connectivity index (χ2n) is 4.77. The van der Waals surface area contributed by atoms with E-state index in [1.165, 1.54) is 6.07 Å². The van der Waals surface area contributed by atoms with Crippen molar-refractivity contribution >= 4 is 17.4 Å². The molecule has 1 aliphatic rings. The number of hydrogen-bond acceptors (Lipinski definition) is 6. The third kappa shape index (κ3) is 3.02. The number of nitro groups is 1. The summed E-state index contributed by atoms with van der Waals surface area (Å²) in [4.78, 5) is 26.0. The zero-order valence-corrected chi connectivity index (χ0v) is 11.0. The molecule has 20 heavy (non-hydrogen) atoms. The summed E-state index contributed by atoms with van der Waals surface area (Å²) in [5.74, 6) is -0.236. The predicted octanol–water partition coefficient (Wildman–Crippen LogP) is 0.727. The first-order valence-corrected chi connectivity index (χ1v) is 6.27. The molecule has 3 N–H and O–H groups in total. The summed E-state index contributed by atoms with van der Waals surface area (Å²) in [5.41, 5.74) is 5.05. The summed E-state index contributed by atoms with van der Waals surface area (Å²) in [7, 11) is 0. The summed E-state index contributed by atoms with van der Waals surface area (Å²) >= 11 is 0. The minimum atomic E-state index is -0.648. The molecule has 1 saturated heterocycles. The zero-order valence-electron chi connectivity index (χ0n) is 11.0. The minimum absolute atomic E-state index is 0.0672. The van der Waals surface area contributed by atoms with Gasteiger partial charge in [0, 0.05) is 18.6 Å². The molecule has 0 aromatic carbocycles. The topological polar surface area (TPSA) is 120 Å². The third-order valence-electron chi connectivity index (χ3n) is 3.38. The number of pyridine rings is 1. The highest BCUT2D eigenvalue weighted by molar-refractivity contribution is 5.98. The first-order valence-electron chi connectivity index (χ1n) is 6.27. The van der Waals surface area contributed by atoms with Crippen molar-refractivity contribution in [2.24, 2.45) is 5.92 Å². The number of amides is 1. The number of carbonyl (C=O) groups is 1. The number of hydrogen-bond donors (Lipinski definition) is 2. The van der Waals surface area contributed by atoms with E-state index in [-0.39, 0.29) is 29.0 Å². The fourth-order valence-corrected chi connectivity index (χ4v) is 2.14. The molecule has 1 aromatic heterocycles. The SMILES string of the molecule is CC(NC(=O)c1cc(N)ncc1[N+](=O)[O-])C1CCOC1. The highest BCUT2D eigenvalue weighted by Crippen LogP contribution is 2.21. The number of anilines is 1.